The molecule has 0 unspecified atom stereocenters. The number of ether oxygens (including phenoxy) is 1. The number of hydrogen-bond donors (Lipinski definition) is 1. The molecule has 0 spiro atoms. The van der Waals surface area contributed by atoms with Crippen molar-refractivity contribution in [3.63, 3.8) is 0 Å². The summed E-state index contributed by atoms with van der Waals surface area (Å²) in [6.07, 6.45) is 3.88. The van der Waals surface area contributed by atoms with E-state index in [1.807, 2.05) is 29.4 Å². The molecule has 3 heterocycles. The Kier molecular flexibility index (Phi) is 3.31. The van der Waals surface area contributed by atoms with Crippen LogP contribution in [0.5, 0.6) is 0 Å². The molecule has 7 heteroatoms. The predicted octanol–water partition coefficient (Wildman–Crippen LogP) is 0.00862. The van der Waals surface area contributed by atoms with Crippen LogP contribution in [0.4, 0.5) is 0 Å². The van der Waals surface area contributed by atoms with Gasteiger partial charge in [0.1, 0.15) is 5.82 Å². The molecule has 7 nitrogen and oxygen atoms in total. The summed E-state index contributed by atoms with van der Waals surface area (Å²) >= 11 is 0. The SMILES string of the molecule is Cc1nnn2c1CO[C@@H](CNCc1nccn1C)C2. The van der Waals surface area contributed by atoms with Crippen LogP contribution < -0.4 is 5.32 Å². The average Bonchev–Trinajstić information content (AvgIpc) is 2.97. The molecule has 2 aromatic rings. The van der Waals surface area contributed by atoms with Crippen molar-refractivity contribution in [3.8, 4) is 0 Å². The van der Waals surface area contributed by atoms with Crippen LogP contribution in [0.2, 0.25) is 0 Å². The Morgan fingerprint density at radius 3 is 3.21 bits per heavy atom. The zero-order valence-electron chi connectivity index (χ0n) is 11.2. The quantitative estimate of drug-likeness (QED) is 0.840. The minimum absolute atomic E-state index is 0.133. The predicted molar refractivity (Wildman–Crippen MR) is 68.3 cm³/mol. The van der Waals surface area contributed by atoms with Gasteiger partial charge in [0.05, 0.1) is 37.2 Å². The van der Waals surface area contributed by atoms with E-state index in [-0.39, 0.29) is 6.10 Å². The van der Waals surface area contributed by atoms with Crippen molar-refractivity contribution in [2.24, 2.45) is 7.05 Å². The van der Waals surface area contributed by atoms with Crippen molar-refractivity contribution in [1.29, 1.82) is 0 Å². The molecule has 0 fully saturated rings. The average molecular weight is 262 g/mol. The summed E-state index contributed by atoms with van der Waals surface area (Å²) < 4.78 is 9.75. The highest BCUT2D eigenvalue weighted by molar-refractivity contribution is 5.08. The maximum absolute atomic E-state index is 5.80. The highest BCUT2D eigenvalue weighted by Gasteiger charge is 2.21. The van der Waals surface area contributed by atoms with Gasteiger partial charge >= 0.3 is 0 Å². The van der Waals surface area contributed by atoms with Gasteiger partial charge in [-0.25, -0.2) is 9.67 Å². The molecule has 0 saturated heterocycles. The smallest absolute Gasteiger partial charge is 0.122 e. The van der Waals surface area contributed by atoms with E-state index in [4.69, 9.17) is 4.74 Å². The summed E-state index contributed by atoms with van der Waals surface area (Å²) in [5.41, 5.74) is 2.04. The van der Waals surface area contributed by atoms with Crippen LogP contribution in [0.15, 0.2) is 12.4 Å². The van der Waals surface area contributed by atoms with Crippen molar-refractivity contribution in [1.82, 2.24) is 29.9 Å². The van der Waals surface area contributed by atoms with E-state index in [0.717, 1.165) is 36.8 Å². The van der Waals surface area contributed by atoms with Crippen molar-refractivity contribution < 1.29 is 4.74 Å². The second-order valence-corrected chi connectivity index (χ2v) is 4.82. The van der Waals surface area contributed by atoms with E-state index in [0.29, 0.717) is 6.61 Å². The van der Waals surface area contributed by atoms with Gasteiger partial charge < -0.3 is 14.6 Å². The molecule has 0 amide bonds. The highest BCUT2D eigenvalue weighted by Crippen LogP contribution is 2.14. The molecular weight excluding hydrogens is 244 g/mol. The Labute approximate surface area is 111 Å². The fourth-order valence-corrected chi connectivity index (χ4v) is 2.22. The minimum atomic E-state index is 0.133. The van der Waals surface area contributed by atoms with Crippen LogP contribution >= 0.6 is 0 Å². The molecule has 1 aliphatic rings. The van der Waals surface area contributed by atoms with Crippen LogP contribution in [0, 0.1) is 6.92 Å². The number of aryl methyl sites for hydroxylation is 2. The van der Waals surface area contributed by atoms with Gasteiger partial charge in [-0.3, -0.25) is 0 Å². The molecule has 0 bridgehead atoms. The summed E-state index contributed by atoms with van der Waals surface area (Å²) in [6, 6.07) is 0. The van der Waals surface area contributed by atoms with Crippen molar-refractivity contribution in [2.45, 2.75) is 32.7 Å². The largest absolute Gasteiger partial charge is 0.369 e. The summed E-state index contributed by atoms with van der Waals surface area (Å²) in [5.74, 6) is 1.02. The molecule has 0 saturated carbocycles. The first-order valence-electron chi connectivity index (χ1n) is 6.41. The topological polar surface area (TPSA) is 69.8 Å². The highest BCUT2D eigenvalue weighted by atomic mass is 16.5. The standard InChI is InChI=1S/C12H18N6O/c1-9-11-8-19-10(7-18(11)16-15-9)5-13-6-12-14-3-4-17(12)2/h3-4,10,13H,5-8H2,1-2H3/t10-/m0/s1. The Bertz CT molecular complexity index is 560. The van der Waals surface area contributed by atoms with Gasteiger partial charge in [0.15, 0.2) is 0 Å². The lowest BCUT2D eigenvalue weighted by molar-refractivity contribution is 0.000590. The van der Waals surface area contributed by atoms with Crippen molar-refractivity contribution >= 4 is 0 Å². The number of aromatic nitrogens is 5. The molecule has 19 heavy (non-hydrogen) atoms. The number of nitrogens with one attached hydrogen (secondary N) is 1. The number of hydrogen-bond acceptors (Lipinski definition) is 5. The molecule has 1 aliphatic heterocycles. The van der Waals surface area contributed by atoms with Gasteiger partial charge in [-0.15, -0.1) is 5.10 Å². The van der Waals surface area contributed by atoms with Crippen LogP contribution in [0.1, 0.15) is 17.2 Å². The Morgan fingerprint density at radius 2 is 2.42 bits per heavy atom. The molecule has 1 atom stereocenters. The number of nitrogens with zero attached hydrogens (tertiary/aromatic N) is 5. The third-order valence-electron chi connectivity index (χ3n) is 3.44. The molecule has 1 N–H and O–H groups in total. The Balaban J connectivity index is 1.51. The number of imidazole rings is 1. The van der Waals surface area contributed by atoms with E-state index in [9.17, 15) is 0 Å². The lowest BCUT2D eigenvalue weighted by Gasteiger charge is -2.24. The molecule has 3 rings (SSSR count). The van der Waals surface area contributed by atoms with Crippen LogP contribution in [0.25, 0.3) is 0 Å². The van der Waals surface area contributed by atoms with Crippen LogP contribution in [-0.4, -0.2) is 37.2 Å². The first-order valence-corrected chi connectivity index (χ1v) is 6.41. The van der Waals surface area contributed by atoms with Crippen LogP contribution in [-0.2, 0) is 31.5 Å². The second-order valence-electron chi connectivity index (χ2n) is 4.82. The van der Waals surface area contributed by atoms with Crippen LogP contribution in [0.3, 0.4) is 0 Å². The molecule has 2 aromatic heterocycles. The third-order valence-corrected chi connectivity index (χ3v) is 3.44. The molecule has 0 radical (unpaired) electrons. The fraction of sp³-hybridized carbons (Fsp3) is 0.583. The third kappa shape index (κ3) is 2.52. The summed E-state index contributed by atoms with van der Waals surface area (Å²) in [4.78, 5) is 4.27. The van der Waals surface area contributed by atoms with E-state index < -0.39 is 0 Å². The fourth-order valence-electron chi connectivity index (χ4n) is 2.22. The Hall–Kier alpha value is -1.73. The molecular formula is C12H18N6O. The molecule has 102 valence electrons. The monoisotopic (exact) mass is 262 g/mol. The van der Waals surface area contributed by atoms with E-state index in [1.54, 1.807) is 6.20 Å². The number of fused-ring (bicyclic) bond motifs is 1. The van der Waals surface area contributed by atoms with Gasteiger partial charge in [-0.05, 0) is 6.92 Å². The summed E-state index contributed by atoms with van der Waals surface area (Å²) in [6.45, 7) is 4.83. The van der Waals surface area contributed by atoms with Gasteiger partial charge in [-0.1, -0.05) is 5.21 Å². The van der Waals surface area contributed by atoms with Gasteiger partial charge in [0, 0.05) is 26.0 Å². The molecule has 0 aliphatic carbocycles. The van der Waals surface area contributed by atoms with Gasteiger partial charge in [0.2, 0.25) is 0 Å². The summed E-state index contributed by atoms with van der Waals surface area (Å²) in [5, 5.41) is 11.6. The normalized spacial score (nSPS) is 18.5. The zero-order valence-corrected chi connectivity index (χ0v) is 11.2. The molecule has 0 aromatic carbocycles. The minimum Gasteiger partial charge on any atom is -0.369 e. The maximum Gasteiger partial charge on any atom is 0.122 e. The number of rotatable bonds is 4. The Morgan fingerprint density at radius 1 is 1.53 bits per heavy atom. The van der Waals surface area contributed by atoms with E-state index in [1.165, 1.54) is 0 Å². The first-order chi connectivity index (χ1) is 9.24. The van der Waals surface area contributed by atoms with Crippen molar-refractivity contribution in [3.05, 3.63) is 29.6 Å². The summed E-state index contributed by atoms with van der Waals surface area (Å²) in [7, 11) is 1.99. The zero-order chi connectivity index (χ0) is 13.2. The van der Waals surface area contributed by atoms with Gasteiger partial charge in [0.25, 0.3) is 0 Å². The van der Waals surface area contributed by atoms with Gasteiger partial charge in [-0.2, -0.15) is 0 Å². The lowest BCUT2D eigenvalue weighted by Crippen LogP contribution is -2.36. The lowest BCUT2D eigenvalue weighted by atomic mass is 10.2. The van der Waals surface area contributed by atoms with E-state index >= 15 is 0 Å². The van der Waals surface area contributed by atoms with Crippen molar-refractivity contribution in [2.75, 3.05) is 6.54 Å². The second kappa shape index (κ2) is 5.10. The first kappa shape index (κ1) is 12.3. The maximum atomic E-state index is 5.80. The van der Waals surface area contributed by atoms with E-state index in [2.05, 4.69) is 20.6 Å².